The molecule has 0 unspecified atom stereocenters. The molecule has 0 bridgehead atoms. The van der Waals surface area contributed by atoms with E-state index in [1.807, 2.05) is 20.8 Å². The second-order valence-corrected chi connectivity index (χ2v) is 11.4. The second kappa shape index (κ2) is 13.7. The van der Waals surface area contributed by atoms with Gasteiger partial charge in [-0.3, -0.25) is 18.3 Å². The van der Waals surface area contributed by atoms with Crippen LogP contribution in [0.4, 0.5) is 0 Å². The second-order valence-electron chi connectivity index (χ2n) is 11.4. The Hall–Kier alpha value is -2.68. The molecule has 0 aromatic carbocycles. The van der Waals surface area contributed by atoms with Crippen LogP contribution in [0.2, 0.25) is 0 Å². The summed E-state index contributed by atoms with van der Waals surface area (Å²) in [6, 6.07) is 0. The van der Waals surface area contributed by atoms with Crippen LogP contribution < -0.4 is 11.4 Å². The van der Waals surface area contributed by atoms with Crippen LogP contribution >= 0.6 is 0 Å². The highest BCUT2D eigenvalue weighted by Crippen LogP contribution is 2.30. The van der Waals surface area contributed by atoms with Crippen LogP contribution in [-0.4, -0.2) is 41.7 Å². The average molecular weight is 521 g/mol. The van der Waals surface area contributed by atoms with Crippen LogP contribution in [0.15, 0.2) is 28.6 Å². The maximum atomic E-state index is 12.4. The molecule has 210 valence electrons. The molecule has 0 aliphatic carbocycles. The first-order chi connectivity index (χ1) is 17.4. The van der Waals surface area contributed by atoms with E-state index in [0.29, 0.717) is 19.7 Å². The van der Waals surface area contributed by atoms with Crippen LogP contribution in [0, 0.1) is 5.41 Å². The summed E-state index contributed by atoms with van der Waals surface area (Å²) in [5.41, 5.74) is -0.667. The van der Waals surface area contributed by atoms with Gasteiger partial charge in [0.2, 0.25) is 11.8 Å². The molecule has 37 heavy (non-hydrogen) atoms. The van der Waals surface area contributed by atoms with Crippen LogP contribution in [-0.2, 0) is 23.4 Å². The highest BCUT2D eigenvalue weighted by Gasteiger charge is 2.26. The first kappa shape index (κ1) is 30.5. The SMILES string of the molecule is C=Cn1cc(O)n(C(C)(C)CCCCOCCCCC(C)(C)CCCCn2c(O)cn(CC)c2=O)c1=O. The van der Waals surface area contributed by atoms with Gasteiger partial charge in [-0.25, -0.2) is 9.59 Å². The fourth-order valence-corrected chi connectivity index (χ4v) is 4.89. The van der Waals surface area contributed by atoms with Crippen molar-refractivity contribution in [2.75, 3.05) is 13.2 Å². The van der Waals surface area contributed by atoms with Gasteiger partial charge in [0.25, 0.3) is 0 Å². The fourth-order valence-electron chi connectivity index (χ4n) is 4.89. The smallest absolute Gasteiger partial charge is 0.335 e. The van der Waals surface area contributed by atoms with Gasteiger partial charge < -0.3 is 14.9 Å². The maximum absolute atomic E-state index is 12.4. The number of ether oxygens (including phenoxy) is 1. The Morgan fingerprint density at radius 1 is 0.865 bits per heavy atom. The van der Waals surface area contributed by atoms with Gasteiger partial charge in [-0.15, -0.1) is 0 Å². The predicted octanol–water partition coefficient (Wildman–Crippen LogP) is 5.13. The molecule has 2 rings (SSSR count). The molecule has 9 nitrogen and oxygen atoms in total. The Kier molecular flexibility index (Phi) is 11.3. The molecule has 2 aromatic heterocycles. The Morgan fingerprint density at radius 2 is 1.46 bits per heavy atom. The molecular weight excluding hydrogens is 472 g/mol. The minimum atomic E-state index is -0.488. The largest absolute Gasteiger partial charge is 0.493 e. The summed E-state index contributed by atoms with van der Waals surface area (Å²) in [7, 11) is 0. The lowest BCUT2D eigenvalue weighted by Gasteiger charge is -2.26. The number of hydrogen-bond donors (Lipinski definition) is 2. The van der Waals surface area contributed by atoms with Gasteiger partial charge in [-0.1, -0.05) is 33.3 Å². The number of hydrogen-bond acceptors (Lipinski definition) is 5. The zero-order valence-electron chi connectivity index (χ0n) is 23.5. The highest BCUT2D eigenvalue weighted by molar-refractivity contribution is 5.22. The van der Waals surface area contributed by atoms with Crippen molar-refractivity contribution >= 4 is 6.20 Å². The molecular formula is C28H48N4O5. The molecule has 0 spiro atoms. The summed E-state index contributed by atoms with van der Waals surface area (Å²) in [4.78, 5) is 24.6. The molecule has 2 heterocycles. The van der Waals surface area contributed by atoms with Crippen LogP contribution in [0.1, 0.15) is 92.4 Å². The number of unbranched alkanes of at least 4 members (excludes halogenated alkanes) is 3. The quantitative estimate of drug-likeness (QED) is 0.265. The van der Waals surface area contributed by atoms with Crippen molar-refractivity contribution < 1.29 is 14.9 Å². The molecule has 0 aliphatic rings. The van der Waals surface area contributed by atoms with Crippen molar-refractivity contribution in [1.82, 2.24) is 18.3 Å². The molecule has 0 aliphatic heterocycles. The Balaban J connectivity index is 1.56. The third-order valence-corrected chi connectivity index (χ3v) is 7.27. The van der Waals surface area contributed by atoms with Gasteiger partial charge in [0.05, 0.1) is 12.4 Å². The number of nitrogens with zero attached hydrogens (tertiary/aromatic N) is 4. The van der Waals surface area contributed by atoms with Gasteiger partial charge in [0.1, 0.15) is 0 Å². The van der Waals surface area contributed by atoms with E-state index < -0.39 is 5.54 Å². The molecule has 0 amide bonds. The highest BCUT2D eigenvalue weighted by atomic mass is 16.5. The zero-order chi connectivity index (χ0) is 27.6. The van der Waals surface area contributed by atoms with E-state index in [-0.39, 0.29) is 28.6 Å². The lowest BCUT2D eigenvalue weighted by atomic mass is 9.82. The Bertz CT molecular complexity index is 1100. The van der Waals surface area contributed by atoms with E-state index in [0.717, 1.165) is 64.4 Å². The molecule has 2 N–H and O–H groups in total. The van der Waals surface area contributed by atoms with Crippen molar-refractivity contribution in [1.29, 1.82) is 0 Å². The number of aryl methyl sites for hydroxylation is 1. The maximum Gasteiger partial charge on any atom is 0.335 e. The van der Waals surface area contributed by atoms with Crippen LogP contribution in [0.25, 0.3) is 6.20 Å². The van der Waals surface area contributed by atoms with Gasteiger partial charge in [-0.2, -0.15) is 0 Å². The minimum Gasteiger partial charge on any atom is -0.493 e. The molecule has 0 saturated heterocycles. The van der Waals surface area contributed by atoms with E-state index >= 15 is 0 Å². The summed E-state index contributed by atoms with van der Waals surface area (Å²) < 4.78 is 11.5. The molecule has 9 heteroatoms. The number of aromatic nitrogens is 4. The summed E-state index contributed by atoms with van der Waals surface area (Å²) in [5, 5.41) is 20.1. The van der Waals surface area contributed by atoms with Crippen molar-refractivity contribution in [3.05, 3.63) is 39.9 Å². The standard InChI is InChI=1S/C28H48N4O5/c1-7-29-21-23(33)31(25(29)35)18-12-9-15-27(3,4)16-10-13-19-37-20-14-11-17-28(5,6)32-24(34)22-30(8-2)26(32)36/h8,21-22,33-34H,2,7,9-20H2,1,3-6H3. The van der Waals surface area contributed by atoms with Crippen molar-refractivity contribution in [2.45, 2.75) is 111 Å². The Labute approximate surface area is 221 Å². The zero-order valence-corrected chi connectivity index (χ0v) is 23.5. The third-order valence-electron chi connectivity index (χ3n) is 7.27. The average Bonchev–Trinajstić information content (AvgIpc) is 3.29. The van der Waals surface area contributed by atoms with Gasteiger partial charge in [0.15, 0.2) is 0 Å². The van der Waals surface area contributed by atoms with Gasteiger partial charge in [-0.05, 0) is 71.1 Å². The summed E-state index contributed by atoms with van der Waals surface area (Å²) in [6.07, 6.45) is 13.1. The summed E-state index contributed by atoms with van der Waals surface area (Å²) in [6.45, 7) is 16.5. The van der Waals surface area contributed by atoms with E-state index in [1.54, 1.807) is 0 Å². The molecule has 0 atom stereocenters. The lowest BCUT2D eigenvalue weighted by molar-refractivity contribution is 0.120. The van der Waals surface area contributed by atoms with E-state index in [9.17, 15) is 19.8 Å². The van der Waals surface area contributed by atoms with Crippen molar-refractivity contribution in [3.63, 3.8) is 0 Å². The minimum absolute atomic E-state index is 0.0458. The third kappa shape index (κ3) is 8.69. The normalized spacial score (nSPS) is 12.4. The van der Waals surface area contributed by atoms with Gasteiger partial charge in [0, 0.05) is 38.0 Å². The predicted molar refractivity (Wildman–Crippen MR) is 148 cm³/mol. The van der Waals surface area contributed by atoms with Crippen LogP contribution in [0.5, 0.6) is 11.8 Å². The van der Waals surface area contributed by atoms with Gasteiger partial charge >= 0.3 is 11.4 Å². The molecule has 0 saturated carbocycles. The van der Waals surface area contributed by atoms with E-state index in [1.165, 1.54) is 36.9 Å². The van der Waals surface area contributed by atoms with Crippen LogP contribution in [0.3, 0.4) is 0 Å². The van der Waals surface area contributed by atoms with E-state index in [4.69, 9.17) is 4.74 Å². The van der Waals surface area contributed by atoms with E-state index in [2.05, 4.69) is 20.4 Å². The first-order valence-corrected chi connectivity index (χ1v) is 13.7. The topological polar surface area (TPSA) is 104 Å². The summed E-state index contributed by atoms with van der Waals surface area (Å²) >= 11 is 0. The fraction of sp³-hybridized carbons (Fsp3) is 0.714. The van der Waals surface area contributed by atoms with Crippen molar-refractivity contribution in [3.8, 4) is 11.8 Å². The molecule has 0 fully saturated rings. The first-order valence-electron chi connectivity index (χ1n) is 13.7. The molecule has 2 aromatic rings. The van der Waals surface area contributed by atoms with Crippen molar-refractivity contribution in [2.24, 2.45) is 5.41 Å². The lowest BCUT2D eigenvalue weighted by Crippen LogP contribution is -2.36. The summed E-state index contributed by atoms with van der Waals surface area (Å²) in [5.74, 6) is 0.00311. The number of rotatable bonds is 18. The Morgan fingerprint density at radius 3 is 2.00 bits per heavy atom. The number of imidazole rings is 2. The molecule has 0 radical (unpaired) electrons. The monoisotopic (exact) mass is 520 g/mol. The number of aromatic hydroxyl groups is 2.